The molecule has 0 radical (unpaired) electrons. The van der Waals surface area contributed by atoms with Gasteiger partial charge in [-0.2, -0.15) is 0 Å². The van der Waals surface area contributed by atoms with Gasteiger partial charge in [-0.25, -0.2) is 0 Å². The smallest absolute Gasteiger partial charge is 0.260 e. The maximum absolute atomic E-state index is 6.92. The van der Waals surface area contributed by atoms with Gasteiger partial charge in [-0.05, 0) is 77.9 Å². The molecule has 4 heteroatoms. The zero-order valence-electron chi connectivity index (χ0n) is 27.7. The van der Waals surface area contributed by atoms with E-state index in [2.05, 4.69) is 158 Å². The highest BCUT2D eigenvalue weighted by molar-refractivity contribution is 6.94. The second-order valence-corrected chi connectivity index (χ2v) is 12.0. The molecule has 0 bridgehead atoms. The predicted molar refractivity (Wildman–Crippen MR) is 203 cm³/mol. The molecule has 1 aromatic heterocycles. The van der Waals surface area contributed by atoms with Crippen LogP contribution >= 0.6 is 0 Å². The summed E-state index contributed by atoms with van der Waals surface area (Å²) in [5, 5.41) is 2.52. The minimum Gasteiger partial charge on any atom is -0.463 e. The van der Waals surface area contributed by atoms with Gasteiger partial charge in [0.1, 0.15) is 17.2 Å². The predicted octanol–water partition coefficient (Wildman–Crippen LogP) is 10.6. The molecule has 0 aliphatic carbocycles. The standard InChI is InChI=1S/C42H30BNO2.C2H6/c1-3-12-35-27(2)45-39-25-30(28-13-5-4-6-14-28)26-40-41(39)43(35)36-18-11-17-32(42(36)46-40)29-21-23-31(24-22-29)44-37-19-9-7-15-33(37)34-16-8-10-20-38(34)44;1-2/h3-26H,1-2H3;1-2H3/b12-3-;. The number of ether oxygens (including phenoxy) is 2. The van der Waals surface area contributed by atoms with Crippen LogP contribution in [0, 0.1) is 0 Å². The quantitative estimate of drug-likeness (QED) is 0.183. The number of hydrogen-bond acceptors (Lipinski definition) is 2. The summed E-state index contributed by atoms with van der Waals surface area (Å²) < 4.78 is 15.8. The van der Waals surface area contributed by atoms with Crippen molar-refractivity contribution < 1.29 is 9.47 Å². The van der Waals surface area contributed by atoms with Crippen LogP contribution in [-0.4, -0.2) is 11.3 Å². The topological polar surface area (TPSA) is 23.4 Å². The van der Waals surface area contributed by atoms with E-state index >= 15 is 0 Å². The Labute approximate surface area is 282 Å². The van der Waals surface area contributed by atoms with Crippen LogP contribution in [-0.2, 0) is 0 Å². The lowest BCUT2D eigenvalue weighted by molar-refractivity contribution is 0.420. The van der Waals surface area contributed by atoms with Crippen LogP contribution in [0.1, 0.15) is 27.7 Å². The van der Waals surface area contributed by atoms with Crippen molar-refractivity contribution in [2.24, 2.45) is 0 Å². The van der Waals surface area contributed by atoms with E-state index in [-0.39, 0.29) is 6.71 Å². The molecule has 3 heterocycles. The molecule has 2 aliphatic rings. The third kappa shape index (κ3) is 4.67. The summed E-state index contributed by atoms with van der Waals surface area (Å²) in [7, 11) is 0. The molecule has 232 valence electrons. The molecule has 2 aliphatic heterocycles. The van der Waals surface area contributed by atoms with Gasteiger partial charge in [0.25, 0.3) is 6.71 Å². The monoisotopic (exact) mass is 621 g/mol. The van der Waals surface area contributed by atoms with Crippen LogP contribution < -0.4 is 20.4 Å². The van der Waals surface area contributed by atoms with Crippen LogP contribution in [0.5, 0.6) is 17.2 Å². The summed E-state index contributed by atoms with van der Waals surface area (Å²) in [6, 6.07) is 47.4. The molecular formula is C44H36BNO2. The Hall–Kier alpha value is -5.74. The Morgan fingerprint density at radius 2 is 1.23 bits per heavy atom. The van der Waals surface area contributed by atoms with E-state index < -0.39 is 0 Å². The number of allylic oxidation sites excluding steroid dienone is 4. The van der Waals surface area contributed by atoms with Gasteiger partial charge in [0, 0.05) is 27.5 Å². The SMILES string of the molecule is C/C=C\C1=C(C)Oc2cc(-c3ccccc3)cc3c2B1c1cccc(-c2ccc(-n4c5ccccc5c5ccccc54)cc2)c1O3.CC. The normalized spacial score (nSPS) is 13.1. The molecule has 6 aromatic carbocycles. The van der Waals surface area contributed by atoms with E-state index in [0.29, 0.717) is 0 Å². The number of fused-ring (bicyclic) bond motifs is 5. The number of hydrogen-bond donors (Lipinski definition) is 0. The first kappa shape index (κ1) is 29.7. The first-order chi connectivity index (χ1) is 23.7. The van der Waals surface area contributed by atoms with Crippen molar-refractivity contribution in [1.29, 1.82) is 0 Å². The molecule has 0 unspecified atom stereocenters. The first-order valence-electron chi connectivity index (χ1n) is 16.8. The van der Waals surface area contributed by atoms with Crippen LogP contribution in [0.15, 0.2) is 157 Å². The van der Waals surface area contributed by atoms with Crippen molar-refractivity contribution >= 4 is 39.4 Å². The zero-order chi connectivity index (χ0) is 32.8. The number of aromatic nitrogens is 1. The fraction of sp³-hybridized carbons (Fsp3) is 0.0909. The third-order valence-corrected chi connectivity index (χ3v) is 9.41. The average molecular weight is 622 g/mol. The summed E-state index contributed by atoms with van der Waals surface area (Å²) in [4.78, 5) is 0. The minimum atomic E-state index is 0.0142. The largest absolute Gasteiger partial charge is 0.463 e. The Kier molecular flexibility index (Phi) is 7.49. The number of benzene rings is 6. The minimum absolute atomic E-state index is 0.0142. The summed E-state index contributed by atoms with van der Waals surface area (Å²) in [5.74, 6) is 3.52. The van der Waals surface area contributed by atoms with Gasteiger partial charge < -0.3 is 14.0 Å². The Morgan fingerprint density at radius 1 is 0.604 bits per heavy atom. The van der Waals surface area contributed by atoms with Gasteiger partial charge in [-0.1, -0.05) is 123 Å². The van der Waals surface area contributed by atoms with E-state index in [4.69, 9.17) is 9.47 Å². The van der Waals surface area contributed by atoms with Crippen molar-refractivity contribution in [2.45, 2.75) is 27.7 Å². The molecule has 9 rings (SSSR count). The van der Waals surface area contributed by atoms with E-state index in [1.54, 1.807) is 0 Å². The third-order valence-electron chi connectivity index (χ3n) is 9.41. The van der Waals surface area contributed by atoms with Gasteiger partial charge in [0.05, 0.1) is 16.8 Å². The lowest BCUT2D eigenvalue weighted by Gasteiger charge is -2.34. The summed E-state index contributed by atoms with van der Waals surface area (Å²) >= 11 is 0. The summed E-state index contributed by atoms with van der Waals surface area (Å²) in [6.45, 7) is 8.14. The Bertz CT molecular complexity index is 2330. The van der Waals surface area contributed by atoms with E-state index in [9.17, 15) is 0 Å². The van der Waals surface area contributed by atoms with E-state index in [0.717, 1.165) is 67.3 Å². The second kappa shape index (κ2) is 12.1. The van der Waals surface area contributed by atoms with Crippen LogP contribution in [0.3, 0.4) is 0 Å². The molecule has 0 saturated heterocycles. The van der Waals surface area contributed by atoms with Gasteiger partial charge in [-0.15, -0.1) is 0 Å². The number of nitrogens with zero attached hydrogens (tertiary/aromatic N) is 1. The van der Waals surface area contributed by atoms with Crippen LogP contribution in [0.25, 0.3) is 49.7 Å². The number of rotatable bonds is 4. The highest BCUT2D eigenvalue weighted by atomic mass is 16.5. The molecule has 0 fully saturated rings. The van der Waals surface area contributed by atoms with Gasteiger partial charge in [-0.3, -0.25) is 0 Å². The van der Waals surface area contributed by atoms with Gasteiger partial charge in [0.2, 0.25) is 0 Å². The van der Waals surface area contributed by atoms with Crippen molar-refractivity contribution in [3.05, 3.63) is 157 Å². The van der Waals surface area contributed by atoms with Crippen LogP contribution in [0.4, 0.5) is 0 Å². The number of para-hydroxylation sites is 3. The molecular weight excluding hydrogens is 585 g/mol. The molecule has 0 amide bonds. The maximum Gasteiger partial charge on any atom is 0.260 e. The summed E-state index contributed by atoms with van der Waals surface area (Å²) in [6.07, 6.45) is 4.28. The van der Waals surface area contributed by atoms with Crippen molar-refractivity contribution in [2.75, 3.05) is 0 Å². The lowest BCUT2D eigenvalue weighted by Crippen LogP contribution is -2.51. The van der Waals surface area contributed by atoms with E-state index in [1.807, 2.05) is 19.9 Å². The highest BCUT2D eigenvalue weighted by Gasteiger charge is 2.41. The fourth-order valence-electron chi connectivity index (χ4n) is 7.37. The van der Waals surface area contributed by atoms with Crippen molar-refractivity contribution in [3.63, 3.8) is 0 Å². The Morgan fingerprint density at radius 3 is 1.90 bits per heavy atom. The van der Waals surface area contributed by atoms with Crippen molar-refractivity contribution in [1.82, 2.24) is 4.57 Å². The molecule has 3 nitrogen and oxygen atoms in total. The summed E-state index contributed by atoms with van der Waals surface area (Å²) in [5.41, 5.74) is 11.3. The molecule has 0 spiro atoms. The second-order valence-electron chi connectivity index (χ2n) is 12.0. The first-order valence-corrected chi connectivity index (χ1v) is 16.8. The average Bonchev–Trinajstić information content (AvgIpc) is 3.48. The molecule has 0 saturated carbocycles. The van der Waals surface area contributed by atoms with E-state index in [1.165, 1.54) is 21.8 Å². The van der Waals surface area contributed by atoms with Crippen LogP contribution in [0.2, 0.25) is 0 Å². The maximum atomic E-state index is 6.92. The fourth-order valence-corrected chi connectivity index (χ4v) is 7.37. The molecule has 0 N–H and O–H groups in total. The lowest BCUT2D eigenvalue weighted by atomic mass is 9.34. The molecule has 7 aromatic rings. The molecule has 0 atom stereocenters. The van der Waals surface area contributed by atoms with Gasteiger partial charge >= 0.3 is 0 Å². The Balaban J connectivity index is 0.00000165. The zero-order valence-corrected chi connectivity index (χ0v) is 27.7. The van der Waals surface area contributed by atoms with Crippen molar-refractivity contribution in [3.8, 4) is 45.2 Å². The molecule has 48 heavy (non-hydrogen) atoms. The van der Waals surface area contributed by atoms with Gasteiger partial charge in [0.15, 0.2) is 0 Å². The highest BCUT2D eigenvalue weighted by Crippen LogP contribution is 2.42.